The number of aliphatic hydroxyl groups excluding tert-OH is 2. The van der Waals surface area contributed by atoms with Gasteiger partial charge in [0.1, 0.15) is 6.04 Å². The molecule has 0 aliphatic heterocycles. The molecule has 21 heavy (non-hydrogen) atoms. The van der Waals surface area contributed by atoms with Crippen molar-refractivity contribution in [1.29, 1.82) is 0 Å². The highest BCUT2D eigenvalue weighted by atomic mass is 16.4. The van der Waals surface area contributed by atoms with Gasteiger partial charge in [-0.15, -0.1) is 0 Å². The predicted molar refractivity (Wildman–Crippen MR) is 64.4 cm³/mol. The molecule has 11 heteroatoms. The summed E-state index contributed by atoms with van der Waals surface area (Å²) in [6.07, 6.45) is -4.52. The second kappa shape index (κ2) is 10.5. The Bertz CT molecular complexity index is 366. The maximum Gasteiger partial charge on any atom is 0.323 e. The van der Waals surface area contributed by atoms with Gasteiger partial charge in [0.15, 0.2) is 0 Å². The fraction of sp³-hybridized carbons (Fsp3) is 0.600. The van der Waals surface area contributed by atoms with Gasteiger partial charge >= 0.3 is 23.9 Å². The maximum atomic E-state index is 10.0. The molecule has 0 fully saturated rings. The molecule has 0 saturated carbocycles. The van der Waals surface area contributed by atoms with E-state index in [-0.39, 0.29) is 0 Å². The van der Waals surface area contributed by atoms with Gasteiger partial charge in [0, 0.05) is 0 Å². The van der Waals surface area contributed by atoms with Crippen LogP contribution in [-0.4, -0.2) is 72.8 Å². The Morgan fingerprint density at radius 2 is 1.10 bits per heavy atom. The van der Waals surface area contributed by atoms with Crippen LogP contribution in [0.4, 0.5) is 0 Å². The van der Waals surface area contributed by atoms with Crippen molar-refractivity contribution in [3.8, 4) is 0 Å². The normalized spacial score (nSPS) is 12.8. The summed E-state index contributed by atoms with van der Waals surface area (Å²) in [6, 6.07) is -1.54. The van der Waals surface area contributed by atoms with E-state index in [0.717, 1.165) is 0 Å². The van der Waals surface area contributed by atoms with E-state index in [1.807, 2.05) is 0 Å². The van der Waals surface area contributed by atoms with E-state index in [9.17, 15) is 19.2 Å². The van der Waals surface area contributed by atoms with Crippen LogP contribution in [0.1, 0.15) is 19.3 Å². The maximum absolute atomic E-state index is 10.0. The van der Waals surface area contributed by atoms with Crippen LogP contribution in [0.25, 0.3) is 0 Å². The Labute approximate surface area is 118 Å². The molecular weight excluding hydrogens is 294 g/mol. The van der Waals surface area contributed by atoms with E-state index in [1.165, 1.54) is 0 Å². The van der Waals surface area contributed by atoms with Crippen molar-refractivity contribution in [2.75, 3.05) is 0 Å². The van der Waals surface area contributed by atoms with Crippen molar-refractivity contribution in [3.63, 3.8) is 0 Å². The Hall–Kier alpha value is -2.24. The molecular formula is C10H17NO10. The van der Waals surface area contributed by atoms with Crippen LogP contribution in [0.5, 0.6) is 0 Å². The summed E-state index contributed by atoms with van der Waals surface area (Å²) in [5.41, 5.74) is 4.90. The molecule has 0 aliphatic carbocycles. The second-order valence-electron chi connectivity index (χ2n) is 3.88. The number of aliphatic carboxylic acids is 4. The summed E-state index contributed by atoms with van der Waals surface area (Å²) in [4.78, 5) is 39.6. The van der Waals surface area contributed by atoms with E-state index in [0.29, 0.717) is 0 Å². The monoisotopic (exact) mass is 311 g/mol. The van der Waals surface area contributed by atoms with Crippen LogP contribution < -0.4 is 5.73 Å². The zero-order valence-corrected chi connectivity index (χ0v) is 10.7. The molecule has 0 heterocycles. The van der Waals surface area contributed by atoms with Crippen LogP contribution in [0.15, 0.2) is 0 Å². The summed E-state index contributed by atoms with van der Waals surface area (Å²) in [7, 11) is 0. The summed E-state index contributed by atoms with van der Waals surface area (Å²) in [5.74, 6) is -5.10. The van der Waals surface area contributed by atoms with E-state index in [1.54, 1.807) is 0 Å². The van der Waals surface area contributed by atoms with Gasteiger partial charge in [-0.3, -0.25) is 19.2 Å². The average Bonchev–Trinajstić information content (AvgIpc) is 2.25. The molecule has 0 radical (unpaired) electrons. The summed E-state index contributed by atoms with van der Waals surface area (Å²) < 4.78 is 0. The molecule has 122 valence electrons. The van der Waals surface area contributed by atoms with Crippen LogP contribution in [0.3, 0.4) is 0 Å². The molecule has 2 atom stereocenters. The van der Waals surface area contributed by atoms with E-state index in [2.05, 4.69) is 0 Å². The zero-order chi connectivity index (χ0) is 17.2. The Morgan fingerprint density at radius 3 is 1.33 bits per heavy atom. The first-order valence-electron chi connectivity index (χ1n) is 5.47. The van der Waals surface area contributed by atoms with Gasteiger partial charge in [-0.25, -0.2) is 0 Å². The third-order valence-corrected chi connectivity index (χ3v) is 1.90. The lowest BCUT2D eigenvalue weighted by atomic mass is 10.1. The standard InChI is InChI=1S/C5H9NO5.C5H8O5/c6-4(5(10)11)2(7)1-3(8)9;6-3(1-4(7)8)2-5(9)10/h2,4,7H,1,6H2,(H,8,9)(H,10,11);3,6H,1-2H2,(H,7,8)(H,9,10)/t2?,4-;/m0./s1. The van der Waals surface area contributed by atoms with Crippen molar-refractivity contribution in [3.05, 3.63) is 0 Å². The second-order valence-corrected chi connectivity index (χ2v) is 3.88. The largest absolute Gasteiger partial charge is 0.481 e. The fourth-order valence-electron chi connectivity index (χ4n) is 0.946. The molecule has 0 aromatic heterocycles. The Kier molecular flexibility index (Phi) is 10.6. The lowest BCUT2D eigenvalue weighted by Crippen LogP contribution is -2.42. The minimum absolute atomic E-state index is 0.522. The molecule has 0 amide bonds. The third-order valence-electron chi connectivity index (χ3n) is 1.90. The van der Waals surface area contributed by atoms with Gasteiger partial charge in [0.2, 0.25) is 0 Å². The number of aliphatic hydroxyl groups is 2. The van der Waals surface area contributed by atoms with Crippen molar-refractivity contribution in [2.45, 2.75) is 37.5 Å². The van der Waals surface area contributed by atoms with Gasteiger partial charge in [-0.1, -0.05) is 0 Å². The van der Waals surface area contributed by atoms with Crippen molar-refractivity contribution in [2.24, 2.45) is 5.73 Å². The molecule has 1 unspecified atom stereocenters. The average molecular weight is 311 g/mol. The highest BCUT2D eigenvalue weighted by Gasteiger charge is 2.23. The summed E-state index contributed by atoms with van der Waals surface area (Å²) in [5, 5.41) is 49.8. The summed E-state index contributed by atoms with van der Waals surface area (Å²) >= 11 is 0. The summed E-state index contributed by atoms with van der Waals surface area (Å²) in [6.45, 7) is 0. The van der Waals surface area contributed by atoms with Gasteiger partial charge in [0.25, 0.3) is 0 Å². The number of nitrogens with two attached hydrogens (primary N) is 1. The fourth-order valence-corrected chi connectivity index (χ4v) is 0.946. The van der Waals surface area contributed by atoms with Gasteiger partial charge in [-0.2, -0.15) is 0 Å². The molecule has 0 aromatic carbocycles. The number of hydrogen-bond acceptors (Lipinski definition) is 7. The smallest absolute Gasteiger partial charge is 0.323 e. The number of carboxylic acid groups (broad SMARTS) is 4. The minimum Gasteiger partial charge on any atom is -0.481 e. The third kappa shape index (κ3) is 14.0. The first kappa shape index (κ1) is 21.1. The first-order valence-corrected chi connectivity index (χ1v) is 5.47. The van der Waals surface area contributed by atoms with E-state index < -0.39 is 61.4 Å². The number of carbonyl (C=O) groups is 4. The molecule has 0 rings (SSSR count). The molecule has 0 aliphatic rings. The molecule has 0 bridgehead atoms. The Balaban J connectivity index is 0. The van der Waals surface area contributed by atoms with Gasteiger partial charge in [-0.05, 0) is 0 Å². The quantitative estimate of drug-likeness (QED) is 0.249. The number of hydrogen-bond donors (Lipinski definition) is 7. The molecule has 8 N–H and O–H groups in total. The molecule has 0 saturated heterocycles. The predicted octanol–water partition coefficient (Wildman–Crippen LogP) is -2.47. The zero-order valence-electron chi connectivity index (χ0n) is 10.7. The van der Waals surface area contributed by atoms with Crippen LogP contribution in [-0.2, 0) is 19.2 Å². The topological polar surface area (TPSA) is 216 Å². The molecule has 11 nitrogen and oxygen atoms in total. The van der Waals surface area contributed by atoms with Gasteiger partial charge < -0.3 is 36.4 Å². The molecule has 0 aromatic rings. The van der Waals surface area contributed by atoms with Crippen LogP contribution >= 0.6 is 0 Å². The van der Waals surface area contributed by atoms with Crippen molar-refractivity contribution in [1.82, 2.24) is 0 Å². The van der Waals surface area contributed by atoms with Crippen molar-refractivity contribution >= 4 is 23.9 Å². The lowest BCUT2D eigenvalue weighted by Gasteiger charge is -2.11. The van der Waals surface area contributed by atoms with Crippen molar-refractivity contribution < 1.29 is 49.8 Å². The van der Waals surface area contributed by atoms with Crippen LogP contribution in [0, 0.1) is 0 Å². The minimum atomic E-state index is -1.54. The van der Waals surface area contributed by atoms with Gasteiger partial charge in [0.05, 0.1) is 31.5 Å². The number of rotatable bonds is 8. The van der Waals surface area contributed by atoms with Crippen LogP contribution in [0.2, 0.25) is 0 Å². The highest BCUT2D eigenvalue weighted by molar-refractivity contribution is 5.76. The Morgan fingerprint density at radius 1 is 0.762 bits per heavy atom. The SMILES string of the molecule is N[C@H](C(=O)O)C(O)CC(=O)O.O=C(O)CC(O)CC(=O)O. The van der Waals surface area contributed by atoms with E-state index >= 15 is 0 Å². The molecule has 0 spiro atoms. The lowest BCUT2D eigenvalue weighted by molar-refractivity contribution is -0.145. The highest BCUT2D eigenvalue weighted by Crippen LogP contribution is 1.97. The van der Waals surface area contributed by atoms with E-state index in [4.69, 9.17) is 36.4 Å². The first-order chi connectivity index (χ1) is 9.47. The number of carboxylic acids is 4.